The molecule has 4 nitrogen and oxygen atoms in total. The third-order valence-corrected chi connectivity index (χ3v) is 5.23. The number of furan rings is 1. The third-order valence-electron chi connectivity index (χ3n) is 5.23. The summed E-state index contributed by atoms with van der Waals surface area (Å²) in [6.07, 6.45) is 6.03. The standard InChI is InChI=1S/C24H22N2O2/c1-18(14-15-21-13-8-16-28-21)25-26-23(27)22-17-24(22,19-9-4-2-5-10-19)20-11-6-3-7-12-20/h2-16,22H,17H2,1H3,(H,26,27)/b15-14+,25-18-/t22-/m0/s1. The van der Waals surface area contributed by atoms with E-state index in [0.29, 0.717) is 5.71 Å². The summed E-state index contributed by atoms with van der Waals surface area (Å²) in [5.74, 6) is 0.552. The molecule has 1 aromatic heterocycles. The van der Waals surface area contributed by atoms with Crippen molar-refractivity contribution in [2.45, 2.75) is 18.8 Å². The molecule has 4 rings (SSSR count). The smallest absolute Gasteiger partial charge is 0.244 e. The molecule has 0 saturated heterocycles. The van der Waals surface area contributed by atoms with Gasteiger partial charge in [-0.05, 0) is 48.8 Å². The van der Waals surface area contributed by atoms with Crippen LogP contribution in [0.15, 0.2) is 94.7 Å². The maximum atomic E-state index is 12.8. The lowest BCUT2D eigenvalue weighted by Crippen LogP contribution is -2.26. The van der Waals surface area contributed by atoms with E-state index in [9.17, 15) is 4.79 Å². The van der Waals surface area contributed by atoms with Crippen LogP contribution in [0.1, 0.15) is 30.2 Å². The number of amides is 1. The van der Waals surface area contributed by atoms with Crippen LogP contribution >= 0.6 is 0 Å². The van der Waals surface area contributed by atoms with Gasteiger partial charge >= 0.3 is 0 Å². The highest BCUT2D eigenvalue weighted by atomic mass is 16.3. The van der Waals surface area contributed by atoms with Gasteiger partial charge in [-0.2, -0.15) is 5.10 Å². The van der Waals surface area contributed by atoms with Gasteiger partial charge in [0.05, 0.1) is 17.9 Å². The SMILES string of the molecule is CC(/C=C/c1ccco1)=N/NC(=O)[C@@H]1CC1(c1ccccc1)c1ccccc1. The molecule has 0 unspecified atom stereocenters. The van der Waals surface area contributed by atoms with E-state index >= 15 is 0 Å². The van der Waals surface area contributed by atoms with Gasteiger partial charge in [-0.3, -0.25) is 4.79 Å². The molecule has 1 atom stereocenters. The third kappa shape index (κ3) is 3.54. The summed E-state index contributed by atoms with van der Waals surface area (Å²) >= 11 is 0. The Labute approximate surface area is 164 Å². The monoisotopic (exact) mass is 370 g/mol. The zero-order valence-electron chi connectivity index (χ0n) is 15.7. The lowest BCUT2D eigenvalue weighted by molar-refractivity contribution is -0.122. The lowest BCUT2D eigenvalue weighted by atomic mass is 9.85. The summed E-state index contributed by atoms with van der Waals surface area (Å²) in [4.78, 5) is 12.8. The Kier molecular flexibility index (Phi) is 4.94. The molecule has 0 radical (unpaired) electrons. The van der Waals surface area contributed by atoms with Crippen molar-refractivity contribution in [3.63, 3.8) is 0 Å². The molecule has 0 bridgehead atoms. The maximum Gasteiger partial charge on any atom is 0.244 e. The minimum absolute atomic E-state index is 0.0570. The summed E-state index contributed by atoms with van der Waals surface area (Å²) in [6.45, 7) is 1.84. The fraction of sp³-hybridized carbons (Fsp3) is 0.167. The Morgan fingerprint density at radius 3 is 2.25 bits per heavy atom. The van der Waals surface area contributed by atoms with Gasteiger partial charge in [0.1, 0.15) is 5.76 Å². The van der Waals surface area contributed by atoms with Crippen LogP contribution in [0.25, 0.3) is 6.08 Å². The van der Waals surface area contributed by atoms with E-state index < -0.39 is 0 Å². The van der Waals surface area contributed by atoms with Crippen LogP contribution < -0.4 is 5.43 Å². The first-order chi connectivity index (χ1) is 13.7. The second-order valence-corrected chi connectivity index (χ2v) is 7.04. The van der Waals surface area contributed by atoms with Crippen LogP contribution in [0.4, 0.5) is 0 Å². The first-order valence-corrected chi connectivity index (χ1v) is 9.37. The van der Waals surface area contributed by atoms with Gasteiger partial charge < -0.3 is 4.42 Å². The van der Waals surface area contributed by atoms with Crippen molar-refractivity contribution in [2.75, 3.05) is 0 Å². The van der Waals surface area contributed by atoms with E-state index in [4.69, 9.17) is 4.42 Å². The average Bonchev–Trinajstić information content (AvgIpc) is 3.30. The molecule has 0 aliphatic heterocycles. The zero-order chi connectivity index (χ0) is 19.4. The van der Waals surface area contributed by atoms with E-state index in [2.05, 4.69) is 34.8 Å². The van der Waals surface area contributed by atoms with E-state index in [0.717, 1.165) is 12.2 Å². The largest absolute Gasteiger partial charge is 0.465 e. The van der Waals surface area contributed by atoms with Crippen LogP contribution in [0.3, 0.4) is 0 Å². The zero-order valence-corrected chi connectivity index (χ0v) is 15.7. The summed E-state index contributed by atoms with van der Waals surface area (Å²) in [5, 5.41) is 4.23. The number of allylic oxidation sites excluding steroid dienone is 1. The number of rotatable bonds is 6. The number of hydrogen-bond acceptors (Lipinski definition) is 3. The predicted molar refractivity (Wildman–Crippen MR) is 111 cm³/mol. The number of carbonyl (C=O) groups is 1. The molecule has 3 aromatic rings. The van der Waals surface area contributed by atoms with Gasteiger partial charge in [0, 0.05) is 5.41 Å². The Morgan fingerprint density at radius 1 is 1.04 bits per heavy atom. The van der Waals surface area contributed by atoms with Gasteiger partial charge in [-0.1, -0.05) is 60.7 Å². The molecular weight excluding hydrogens is 348 g/mol. The molecule has 1 saturated carbocycles. The molecule has 1 amide bonds. The molecule has 1 fully saturated rings. The van der Waals surface area contributed by atoms with Gasteiger partial charge in [0.15, 0.2) is 0 Å². The number of nitrogens with one attached hydrogen (secondary N) is 1. The molecule has 1 N–H and O–H groups in total. The fourth-order valence-corrected chi connectivity index (χ4v) is 3.70. The van der Waals surface area contributed by atoms with Crippen LogP contribution in [-0.4, -0.2) is 11.6 Å². The topological polar surface area (TPSA) is 54.6 Å². The molecule has 28 heavy (non-hydrogen) atoms. The average molecular weight is 370 g/mol. The van der Waals surface area contributed by atoms with Crippen LogP contribution in [-0.2, 0) is 10.2 Å². The van der Waals surface area contributed by atoms with E-state index in [1.807, 2.05) is 67.6 Å². The highest BCUT2D eigenvalue weighted by Crippen LogP contribution is 2.58. The van der Waals surface area contributed by atoms with Gasteiger partial charge in [-0.25, -0.2) is 5.43 Å². The minimum Gasteiger partial charge on any atom is -0.465 e. The second-order valence-electron chi connectivity index (χ2n) is 7.04. The second kappa shape index (κ2) is 7.69. The number of nitrogens with zero attached hydrogens (tertiary/aromatic N) is 1. The van der Waals surface area contributed by atoms with Crippen molar-refractivity contribution in [2.24, 2.45) is 11.0 Å². The molecule has 1 heterocycles. The van der Waals surface area contributed by atoms with Gasteiger partial charge in [-0.15, -0.1) is 0 Å². The molecule has 140 valence electrons. The summed E-state index contributed by atoms with van der Waals surface area (Å²) < 4.78 is 5.25. The number of benzene rings is 2. The first-order valence-electron chi connectivity index (χ1n) is 9.37. The molecule has 0 spiro atoms. The number of hydrogen-bond donors (Lipinski definition) is 1. The highest BCUT2D eigenvalue weighted by Gasteiger charge is 2.60. The highest BCUT2D eigenvalue weighted by molar-refractivity contribution is 5.97. The maximum absolute atomic E-state index is 12.8. The van der Waals surface area contributed by atoms with Crippen LogP contribution in [0, 0.1) is 5.92 Å². The van der Waals surface area contributed by atoms with Crippen molar-refractivity contribution in [3.8, 4) is 0 Å². The van der Waals surface area contributed by atoms with Crippen LogP contribution in [0.5, 0.6) is 0 Å². The van der Waals surface area contributed by atoms with E-state index in [-0.39, 0.29) is 17.2 Å². The summed E-state index contributed by atoms with van der Waals surface area (Å²) in [6, 6.07) is 24.2. The van der Waals surface area contributed by atoms with Crippen molar-refractivity contribution in [1.29, 1.82) is 0 Å². The van der Waals surface area contributed by atoms with Gasteiger partial charge in [0.25, 0.3) is 0 Å². The van der Waals surface area contributed by atoms with E-state index in [1.165, 1.54) is 11.1 Å². The summed E-state index contributed by atoms with van der Waals surface area (Å²) in [7, 11) is 0. The molecule has 1 aliphatic carbocycles. The fourth-order valence-electron chi connectivity index (χ4n) is 3.70. The minimum atomic E-state index is -0.278. The lowest BCUT2D eigenvalue weighted by Gasteiger charge is -2.18. The Bertz CT molecular complexity index is 950. The van der Waals surface area contributed by atoms with Gasteiger partial charge in [0.2, 0.25) is 5.91 Å². The Morgan fingerprint density at radius 2 is 1.68 bits per heavy atom. The molecule has 1 aliphatic rings. The summed E-state index contributed by atoms with van der Waals surface area (Å²) in [5.41, 5.74) is 5.50. The number of hydrazone groups is 1. The quantitative estimate of drug-likeness (QED) is 0.501. The molecular formula is C24H22N2O2. The predicted octanol–water partition coefficient (Wildman–Crippen LogP) is 4.79. The van der Waals surface area contributed by atoms with Crippen molar-refractivity contribution in [1.82, 2.24) is 5.43 Å². The van der Waals surface area contributed by atoms with Crippen LogP contribution in [0.2, 0.25) is 0 Å². The number of carbonyl (C=O) groups excluding carboxylic acids is 1. The van der Waals surface area contributed by atoms with Crippen molar-refractivity contribution >= 4 is 17.7 Å². The normalized spacial score (nSPS) is 18.2. The Hall–Kier alpha value is -3.40. The van der Waals surface area contributed by atoms with Crippen molar-refractivity contribution in [3.05, 3.63) is 102 Å². The molecule has 2 aromatic carbocycles. The molecule has 4 heteroatoms. The Balaban J connectivity index is 1.51. The van der Waals surface area contributed by atoms with Crippen molar-refractivity contribution < 1.29 is 9.21 Å². The van der Waals surface area contributed by atoms with E-state index in [1.54, 1.807) is 6.26 Å². The first kappa shape index (κ1) is 18.0.